The molecule has 0 aromatic heterocycles. The van der Waals surface area contributed by atoms with Gasteiger partial charge in [0.15, 0.2) is 0 Å². The van der Waals surface area contributed by atoms with Crippen molar-refractivity contribution in [3.05, 3.63) is 84.9 Å². The van der Waals surface area contributed by atoms with Gasteiger partial charge < -0.3 is 8.92 Å². The molecule has 0 atom stereocenters. The molecular weight excluding hydrogens is 404 g/mol. The molecule has 0 radical (unpaired) electrons. The van der Waals surface area contributed by atoms with Crippen molar-refractivity contribution in [2.75, 3.05) is 6.61 Å². The van der Waals surface area contributed by atoms with Gasteiger partial charge in [-0.05, 0) is 65.3 Å². The average molecular weight is 437 g/mol. The highest BCUT2D eigenvalue weighted by molar-refractivity contribution is 8.30. The summed E-state index contributed by atoms with van der Waals surface area (Å²) in [4.78, 5) is 15.6. The van der Waals surface area contributed by atoms with Crippen molar-refractivity contribution >= 4 is 16.3 Å². The number of hydrogen-bond donors (Lipinski definition) is 0. The number of unbranched alkanes of at least 4 members (excludes halogenated alkanes) is 3. The van der Waals surface area contributed by atoms with Crippen molar-refractivity contribution in [2.45, 2.75) is 60.6 Å². The Kier molecular flexibility index (Phi) is 8.60. The Hall–Kier alpha value is -2.72. The lowest BCUT2D eigenvalue weighted by Gasteiger charge is -2.39. The lowest BCUT2D eigenvalue weighted by atomic mass is 10.2. The highest BCUT2D eigenvalue weighted by Crippen LogP contribution is 2.69. The van der Waals surface area contributed by atoms with Gasteiger partial charge in [0.2, 0.25) is 0 Å². The lowest BCUT2D eigenvalue weighted by molar-refractivity contribution is -0.133. The highest BCUT2D eigenvalue weighted by atomic mass is 32.3. The topological polar surface area (TPSA) is 35.5 Å². The lowest BCUT2D eigenvalue weighted by Crippen LogP contribution is -2.13. The molecular formula is C27H32O3S. The molecule has 0 heterocycles. The molecule has 0 aliphatic carbocycles. The van der Waals surface area contributed by atoms with Crippen LogP contribution in [-0.4, -0.2) is 12.6 Å². The first kappa shape index (κ1) is 23.0. The molecule has 0 saturated heterocycles. The van der Waals surface area contributed by atoms with E-state index < -0.39 is 10.3 Å². The van der Waals surface area contributed by atoms with Gasteiger partial charge in [-0.25, -0.2) is 0 Å². The SMILES string of the molecule is CCCCCCOc1ccc(S(OC(=O)CC)(c2ccccc2)c2ccccc2)cc1. The molecule has 4 heteroatoms. The Balaban J connectivity index is 1.99. The Labute approximate surface area is 187 Å². The molecule has 0 unspecified atom stereocenters. The fraction of sp³-hybridized carbons (Fsp3) is 0.296. The monoisotopic (exact) mass is 436 g/mol. The number of hydrogen-bond acceptors (Lipinski definition) is 3. The Morgan fingerprint density at radius 2 is 1.26 bits per heavy atom. The van der Waals surface area contributed by atoms with E-state index in [1.165, 1.54) is 19.3 Å². The van der Waals surface area contributed by atoms with Crippen LogP contribution in [0.15, 0.2) is 99.6 Å². The molecule has 31 heavy (non-hydrogen) atoms. The third-order valence-corrected chi connectivity index (χ3v) is 8.32. The van der Waals surface area contributed by atoms with Crippen LogP contribution >= 0.6 is 10.3 Å². The third kappa shape index (κ3) is 5.71. The molecule has 0 saturated carbocycles. The van der Waals surface area contributed by atoms with Crippen LogP contribution < -0.4 is 4.74 Å². The molecule has 0 bridgehead atoms. The van der Waals surface area contributed by atoms with Crippen molar-refractivity contribution in [1.82, 2.24) is 0 Å². The van der Waals surface area contributed by atoms with Gasteiger partial charge in [0, 0.05) is 21.1 Å². The number of carbonyl (C=O) groups excluding carboxylic acids is 1. The summed E-state index contributed by atoms with van der Waals surface area (Å²) in [6.45, 7) is 4.76. The maximum Gasteiger partial charge on any atom is 0.316 e. The first-order valence-electron chi connectivity index (χ1n) is 11.1. The molecule has 3 aromatic carbocycles. The molecule has 3 aromatic rings. The Bertz CT molecular complexity index is 884. The van der Waals surface area contributed by atoms with E-state index >= 15 is 0 Å². The second-order valence-electron chi connectivity index (χ2n) is 7.37. The van der Waals surface area contributed by atoms with Crippen LogP contribution in [0.2, 0.25) is 0 Å². The standard InChI is InChI=1S/C27H32O3S/c1-3-5-6-13-22-29-23-18-20-26(21-19-23)31(30-27(28)4-2,24-14-9-7-10-15-24)25-16-11-8-12-17-25/h7-12,14-21H,3-6,13,22H2,1-2H3. The molecule has 3 rings (SSSR count). The van der Waals surface area contributed by atoms with E-state index in [0.717, 1.165) is 33.5 Å². The van der Waals surface area contributed by atoms with Crippen molar-refractivity contribution < 1.29 is 13.7 Å². The molecule has 0 spiro atoms. The zero-order valence-electron chi connectivity index (χ0n) is 18.5. The molecule has 0 fully saturated rings. The van der Waals surface area contributed by atoms with Crippen molar-refractivity contribution in [1.29, 1.82) is 0 Å². The quantitative estimate of drug-likeness (QED) is 0.288. The molecule has 0 aliphatic rings. The first-order chi connectivity index (χ1) is 15.2. The van der Waals surface area contributed by atoms with Crippen molar-refractivity contribution in [3.8, 4) is 5.75 Å². The second-order valence-corrected chi connectivity index (χ2v) is 10.1. The van der Waals surface area contributed by atoms with Crippen LogP contribution in [0.25, 0.3) is 0 Å². The summed E-state index contributed by atoms with van der Waals surface area (Å²) in [7, 11) is -2.20. The number of ether oxygens (including phenoxy) is 1. The van der Waals surface area contributed by atoms with Gasteiger partial charge >= 0.3 is 5.97 Å². The molecule has 3 nitrogen and oxygen atoms in total. The van der Waals surface area contributed by atoms with Gasteiger partial charge in [0.1, 0.15) is 5.75 Å². The van der Waals surface area contributed by atoms with E-state index in [0.29, 0.717) is 6.42 Å². The zero-order valence-corrected chi connectivity index (χ0v) is 19.3. The highest BCUT2D eigenvalue weighted by Gasteiger charge is 2.35. The molecule has 164 valence electrons. The van der Waals surface area contributed by atoms with E-state index in [1.807, 2.05) is 91.9 Å². The van der Waals surface area contributed by atoms with Gasteiger partial charge in [0.05, 0.1) is 6.61 Å². The largest absolute Gasteiger partial charge is 0.494 e. The molecule has 0 aliphatic heterocycles. The van der Waals surface area contributed by atoms with Crippen LogP contribution in [-0.2, 0) is 8.98 Å². The van der Waals surface area contributed by atoms with E-state index in [-0.39, 0.29) is 5.97 Å². The van der Waals surface area contributed by atoms with E-state index in [9.17, 15) is 4.79 Å². The van der Waals surface area contributed by atoms with Crippen molar-refractivity contribution in [2.24, 2.45) is 0 Å². The van der Waals surface area contributed by atoms with Gasteiger partial charge in [-0.3, -0.25) is 4.79 Å². The van der Waals surface area contributed by atoms with Crippen LogP contribution in [0.3, 0.4) is 0 Å². The van der Waals surface area contributed by atoms with Gasteiger partial charge in [-0.15, -0.1) is 0 Å². The number of rotatable bonds is 11. The van der Waals surface area contributed by atoms with Crippen LogP contribution in [0.4, 0.5) is 0 Å². The summed E-state index contributed by atoms with van der Waals surface area (Å²) < 4.78 is 12.2. The maximum atomic E-state index is 12.6. The predicted molar refractivity (Wildman–Crippen MR) is 128 cm³/mol. The minimum atomic E-state index is -2.20. The maximum absolute atomic E-state index is 12.6. The smallest absolute Gasteiger partial charge is 0.316 e. The fourth-order valence-electron chi connectivity index (χ4n) is 3.42. The van der Waals surface area contributed by atoms with E-state index in [2.05, 4.69) is 6.92 Å². The summed E-state index contributed by atoms with van der Waals surface area (Å²) in [6, 6.07) is 28.2. The second kappa shape index (κ2) is 11.6. The summed E-state index contributed by atoms with van der Waals surface area (Å²) in [6.07, 6.45) is 5.04. The van der Waals surface area contributed by atoms with Crippen LogP contribution in [0.5, 0.6) is 5.75 Å². The Morgan fingerprint density at radius 3 is 1.77 bits per heavy atom. The summed E-state index contributed by atoms with van der Waals surface area (Å²) >= 11 is 0. The fourth-order valence-corrected chi connectivity index (χ4v) is 6.52. The van der Waals surface area contributed by atoms with E-state index in [1.54, 1.807) is 0 Å². The summed E-state index contributed by atoms with van der Waals surface area (Å²) in [5.41, 5.74) is 0. The minimum absolute atomic E-state index is 0.209. The average Bonchev–Trinajstić information content (AvgIpc) is 2.84. The number of benzene rings is 3. The van der Waals surface area contributed by atoms with Gasteiger partial charge in [-0.2, -0.15) is 0 Å². The summed E-state index contributed by atoms with van der Waals surface area (Å²) in [5.74, 6) is 0.635. The first-order valence-corrected chi connectivity index (χ1v) is 12.6. The van der Waals surface area contributed by atoms with Gasteiger partial charge in [0.25, 0.3) is 0 Å². The van der Waals surface area contributed by atoms with Gasteiger partial charge in [-0.1, -0.05) is 69.5 Å². The minimum Gasteiger partial charge on any atom is -0.494 e. The Morgan fingerprint density at radius 1 is 0.710 bits per heavy atom. The van der Waals surface area contributed by atoms with E-state index in [4.69, 9.17) is 8.92 Å². The van der Waals surface area contributed by atoms with Crippen LogP contribution in [0.1, 0.15) is 46.0 Å². The third-order valence-electron chi connectivity index (χ3n) is 5.08. The van der Waals surface area contributed by atoms with Crippen molar-refractivity contribution in [3.63, 3.8) is 0 Å². The predicted octanol–water partition coefficient (Wildman–Crippen LogP) is 7.80. The van der Waals surface area contributed by atoms with Crippen LogP contribution in [0, 0.1) is 0 Å². The molecule has 0 amide bonds. The summed E-state index contributed by atoms with van der Waals surface area (Å²) in [5, 5.41) is 0. The number of carbonyl (C=O) groups is 1. The normalized spacial score (nSPS) is 11.7. The zero-order chi connectivity index (χ0) is 21.9. The molecule has 0 N–H and O–H groups in total.